The number of benzene rings is 1. The van der Waals surface area contributed by atoms with Gasteiger partial charge in [0.1, 0.15) is 11.5 Å². The van der Waals surface area contributed by atoms with Crippen LogP contribution in [0, 0.1) is 0 Å². The van der Waals surface area contributed by atoms with Gasteiger partial charge in [-0.2, -0.15) is 0 Å². The average Bonchev–Trinajstić information content (AvgIpc) is 3.28. The lowest BCUT2D eigenvalue weighted by atomic mass is 10.1. The van der Waals surface area contributed by atoms with Crippen molar-refractivity contribution in [2.45, 2.75) is 38.4 Å². The second-order valence-electron chi connectivity index (χ2n) is 5.16. The number of hydrogen-bond donors (Lipinski definition) is 1. The van der Waals surface area contributed by atoms with Crippen molar-refractivity contribution in [3.8, 4) is 11.5 Å². The number of carbonyl (C=O) groups excluding carboxylic acids is 1. The maximum Gasteiger partial charge on any atom is 0.239 e. The molecule has 1 saturated carbocycles. The van der Waals surface area contributed by atoms with E-state index in [1.165, 1.54) is 0 Å². The summed E-state index contributed by atoms with van der Waals surface area (Å²) in [7, 11) is 3.25. The van der Waals surface area contributed by atoms with Crippen molar-refractivity contribution >= 4 is 18.3 Å². The summed E-state index contributed by atoms with van der Waals surface area (Å²) in [5.41, 5.74) is 6.67. The Morgan fingerprint density at radius 2 is 2.05 bits per heavy atom. The van der Waals surface area contributed by atoms with Gasteiger partial charge in [-0.25, -0.2) is 0 Å². The number of carbonyl (C=O) groups is 1. The zero-order valence-corrected chi connectivity index (χ0v) is 13.5. The summed E-state index contributed by atoms with van der Waals surface area (Å²) in [5, 5.41) is 0. The summed E-state index contributed by atoms with van der Waals surface area (Å²) in [6, 6.07) is 5.44. The van der Waals surface area contributed by atoms with E-state index >= 15 is 0 Å². The van der Waals surface area contributed by atoms with Crippen LogP contribution in [0.4, 0.5) is 0 Å². The molecule has 1 aliphatic rings. The molecule has 0 aliphatic heterocycles. The number of methoxy groups -OCH3 is 2. The van der Waals surface area contributed by atoms with Gasteiger partial charge in [0, 0.05) is 18.2 Å². The van der Waals surface area contributed by atoms with Gasteiger partial charge in [0.05, 0.1) is 20.3 Å². The van der Waals surface area contributed by atoms with Crippen molar-refractivity contribution in [1.29, 1.82) is 0 Å². The zero-order valence-electron chi connectivity index (χ0n) is 12.7. The summed E-state index contributed by atoms with van der Waals surface area (Å²) < 4.78 is 10.6. The van der Waals surface area contributed by atoms with Crippen molar-refractivity contribution in [1.82, 2.24) is 4.90 Å². The molecule has 1 aromatic rings. The highest BCUT2D eigenvalue weighted by molar-refractivity contribution is 5.85. The molecule has 2 N–H and O–H groups in total. The largest absolute Gasteiger partial charge is 0.497 e. The van der Waals surface area contributed by atoms with E-state index in [1.807, 2.05) is 23.1 Å². The smallest absolute Gasteiger partial charge is 0.239 e. The van der Waals surface area contributed by atoms with Crippen LogP contribution < -0.4 is 15.2 Å². The third-order valence-electron chi connectivity index (χ3n) is 3.49. The molecule has 5 nitrogen and oxygen atoms in total. The molecule has 1 aromatic carbocycles. The van der Waals surface area contributed by atoms with Gasteiger partial charge in [-0.15, -0.1) is 12.4 Å². The van der Waals surface area contributed by atoms with Gasteiger partial charge >= 0.3 is 0 Å². The van der Waals surface area contributed by atoms with Crippen molar-refractivity contribution in [3.63, 3.8) is 0 Å². The fraction of sp³-hybridized carbons (Fsp3) is 0.533. The van der Waals surface area contributed by atoms with Gasteiger partial charge in [0.25, 0.3) is 0 Å². The summed E-state index contributed by atoms with van der Waals surface area (Å²) in [6.45, 7) is 2.23. The first kappa shape index (κ1) is 17.6. The Balaban J connectivity index is 0.00000220. The van der Waals surface area contributed by atoms with E-state index in [-0.39, 0.29) is 18.3 Å². The van der Waals surface area contributed by atoms with Gasteiger partial charge in [0.2, 0.25) is 5.91 Å². The Bertz CT molecular complexity index is 490. The number of hydrogen-bond acceptors (Lipinski definition) is 4. The summed E-state index contributed by atoms with van der Waals surface area (Å²) in [6.07, 6.45) is 2.09. The van der Waals surface area contributed by atoms with Gasteiger partial charge in [-0.1, -0.05) is 0 Å². The number of halogens is 1. The number of nitrogens with two attached hydrogens (primary N) is 1. The third kappa shape index (κ3) is 4.25. The minimum absolute atomic E-state index is 0. The summed E-state index contributed by atoms with van der Waals surface area (Å²) in [5.74, 6) is 1.50. The van der Waals surface area contributed by atoms with Gasteiger partial charge in [-0.3, -0.25) is 4.79 Å². The number of amides is 1. The molecular formula is C15H23ClN2O3. The molecule has 21 heavy (non-hydrogen) atoms. The maximum absolute atomic E-state index is 12.2. The molecule has 1 atom stereocenters. The lowest BCUT2D eigenvalue weighted by Crippen LogP contribution is -2.42. The number of nitrogens with zero attached hydrogens (tertiary/aromatic N) is 1. The molecule has 0 radical (unpaired) electrons. The second kappa shape index (κ2) is 7.52. The van der Waals surface area contributed by atoms with Crippen LogP contribution in [0.1, 0.15) is 25.3 Å². The Morgan fingerprint density at radius 1 is 1.38 bits per heavy atom. The van der Waals surface area contributed by atoms with E-state index in [0.29, 0.717) is 12.6 Å². The van der Waals surface area contributed by atoms with Crippen LogP contribution >= 0.6 is 12.4 Å². The first-order valence-corrected chi connectivity index (χ1v) is 6.83. The first-order valence-electron chi connectivity index (χ1n) is 6.83. The van der Waals surface area contributed by atoms with Crippen LogP contribution in [0.15, 0.2) is 18.2 Å². The Labute approximate surface area is 131 Å². The molecule has 0 heterocycles. The minimum Gasteiger partial charge on any atom is -0.497 e. The number of ether oxygens (including phenoxy) is 2. The van der Waals surface area contributed by atoms with Crippen molar-refractivity contribution in [2.75, 3.05) is 14.2 Å². The topological polar surface area (TPSA) is 64.8 Å². The fourth-order valence-electron chi connectivity index (χ4n) is 2.22. The molecule has 0 spiro atoms. The van der Waals surface area contributed by atoms with Crippen molar-refractivity contribution in [3.05, 3.63) is 23.8 Å². The fourth-order valence-corrected chi connectivity index (χ4v) is 2.22. The SMILES string of the molecule is COc1ccc(OC)c(CN(C(=O)[C@@H](C)N)C2CC2)c1.Cl. The van der Waals surface area contributed by atoms with Crippen LogP contribution in [-0.2, 0) is 11.3 Å². The molecule has 0 unspecified atom stereocenters. The van der Waals surface area contributed by atoms with Crippen molar-refractivity contribution < 1.29 is 14.3 Å². The molecule has 6 heteroatoms. The molecule has 1 aliphatic carbocycles. The van der Waals surface area contributed by atoms with Crippen LogP contribution in [0.5, 0.6) is 11.5 Å². The van der Waals surface area contributed by atoms with E-state index in [4.69, 9.17) is 15.2 Å². The molecule has 0 aromatic heterocycles. The van der Waals surface area contributed by atoms with Crippen LogP contribution in [0.2, 0.25) is 0 Å². The highest BCUT2D eigenvalue weighted by atomic mass is 35.5. The summed E-state index contributed by atoms with van der Waals surface area (Å²) in [4.78, 5) is 14.1. The molecular weight excluding hydrogens is 292 g/mol. The van der Waals surface area contributed by atoms with E-state index in [9.17, 15) is 4.79 Å². The third-order valence-corrected chi connectivity index (χ3v) is 3.49. The Morgan fingerprint density at radius 3 is 2.52 bits per heavy atom. The molecule has 0 bridgehead atoms. The predicted molar refractivity (Wildman–Crippen MR) is 84.0 cm³/mol. The molecule has 1 fully saturated rings. The Kier molecular flexibility index (Phi) is 6.30. The van der Waals surface area contributed by atoms with Crippen LogP contribution in [0.3, 0.4) is 0 Å². The lowest BCUT2D eigenvalue weighted by Gasteiger charge is -2.25. The molecule has 118 valence electrons. The predicted octanol–water partition coefficient (Wildman–Crippen LogP) is 1.96. The van der Waals surface area contributed by atoms with E-state index in [1.54, 1.807) is 21.1 Å². The van der Waals surface area contributed by atoms with Gasteiger partial charge < -0.3 is 20.1 Å². The monoisotopic (exact) mass is 314 g/mol. The second-order valence-corrected chi connectivity index (χ2v) is 5.16. The highest BCUT2D eigenvalue weighted by Gasteiger charge is 2.34. The lowest BCUT2D eigenvalue weighted by molar-refractivity contribution is -0.133. The number of rotatable bonds is 6. The summed E-state index contributed by atoms with van der Waals surface area (Å²) >= 11 is 0. The zero-order chi connectivity index (χ0) is 14.7. The first-order chi connectivity index (χ1) is 9.56. The van der Waals surface area contributed by atoms with E-state index in [2.05, 4.69) is 0 Å². The Hall–Kier alpha value is -1.46. The standard InChI is InChI=1S/C15H22N2O3.ClH/c1-10(16)15(18)17(12-4-5-12)9-11-8-13(19-2)6-7-14(11)20-3;/h6-8,10,12H,4-5,9,16H2,1-3H3;1H/t10-;/m1./s1. The minimum atomic E-state index is -0.479. The normalized spacial score (nSPS) is 14.9. The van der Waals surface area contributed by atoms with Crippen molar-refractivity contribution in [2.24, 2.45) is 5.73 Å². The van der Waals surface area contributed by atoms with E-state index in [0.717, 1.165) is 29.9 Å². The molecule has 0 saturated heterocycles. The molecule has 1 amide bonds. The van der Waals surface area contributed by atoms with Gasteiger partial charge in [0.15, 0.2) is 0 Å². The highest BCUT2D eigenvalue weighted by Crippen LogP contribution is 2.32. The van der Waals surface area contributed by atoms with E-state index < -0.39 is 6.04 Å². The van der Waals surface area contributed by atoms with Crippen LogP contribution in [0.25, 0.3) is 0 Å². The average molecular weight is 315 g/mol. The van der Waals surface area contributed by atoms with Gasteiger partial charge in [-0.05, 0) is 38.0 Å². The quantitative estimate of drug-likeness (QED) is 0.872. The molecule has 2 rings (SSSR count). The maximum atomic E-state index is 12.2. The van der Waals surface area contributed by atoms with Crippen LogP contribution in [-0.4, -0.2) is 37.1 Å².